The second-order valence-electron chi connectivity index (χ2n) is 14.3. The van der Waals surface area contributed by atoms with Crippen LogP contribution in [0.25, 0.3) is 10.9 Å². The fourth-order valence-corrected chi connectivity index (χ4v) is 6.90. The number of fused-ring (bicyclic) bond motifs is 3. The van der Waals surface area contributed by atoms with Crippen LogP contribution in [0, 0.1) is 29.3 Å². The van der Waals surface area contributed by atoms with E-state index in [0.29, 0.717) is 30.2 Å². The summed E-state index contributed by atoms with van der Waals surface area (Å²) in [7, 11) is 0. The van der Waals surface area contributed by atoms with E-state index in [9.17, 15) is 45.5 Å². The molecule has 4 aromatic rings. The number of anilines is 1. The minimum Gasteiger partial charge on any atom is -0.358 e. The lowest BCUT2D eigenvalue weighted by Crippen LogP contribution is -2.67. The van der Waals surface area contributed by atoms with Crippen LogP contribution in [0.4, 0.5) is 32.0 Å². The molecule has 4 amide bonds. The minimum absolute atomic E-state index is 0.0221. The normalized spacial score (nSPS) is 17.5. The van der Waals surface area contributed by atoms with Gasteiger partial charge >= 0.3 is 6.18 Å². The van der Waals surface area contributed by atoms with Gasteiger partial charge in [0.15, 0.2) is 5.82 Å². The molecule has 1 aliphatic carbocycles. The van der Waals surface area contributed by atoms with Gasteiger partial charge in [-0.1, -0.05) is 70.9 Å². The number of hydrazine groups is 1. The molecule has 1 aliphatic rings. The van der Waals surface area contributed by atoms with Crippen molar-refractivity contribution in [2.45, 2.75) is 90.0 Å². The van der Waals surface area contributed by atoms with Crippen molar-refractivity contribution in [3.63, 3.8) is 0 Å². The maximum absolute atomic E-state index is 14.7. The quantitative estimate of drug-likeness (QED) is 0.0649. The first-order chi connectivity index (χ1) is 26.5. The van der Waals surface area contributed by atoms with E-state index in [1.54, 1.807) is 33.8 Å². The molecule has 1 heterocycles. The highest BCUT2D eigenvalue weighted by atomic mass is 19.4. The molecule has 0 radical (unpaired) electrons. The molecule has 0 aliphatic heterocycles. The number of carbonyl (C=O) groups is 4. The third-order valence-electron chi connectivity index (χ3n) is 10.6. The number of amides is 4. The molecule has 3 aromatic carbocycles. The fraction of sp³-hybridized carbons (Fsp3) is 0.400. The molecule has 2 unspecified atom stereocenters. The molecule has 0 spiro atoms. The predicted molar refractivity (Wildman–Crippen MR) is 197 cm³/mol. The molecule has 0 fully saturated rings. The summed E-state index contributed by atoms with van der Waals surface area (Å²) < 4.78 is 84.4. The van der Waals surface area contributed by atoms with Crippen LogP contribution >= 0.6 is 0 Å². The average molecular weight is 787 g/mol. The van der Waals surface area contributed by atoms with E-state index < -0.39 is 82.3 Å². The third kappa shape index (κ3) is 9.11. The molecule has 6 N–H and O–H groups in total. The number of alkyl halides is 3. The summed E-state index contributed by atoms with van der Waals surface area (Å²) in [5, 5.41) is 8.44. The zero-order valence-corrected chi connectivity index (χ0v) is 31.2. The average Bonchev–Trinajstić information content (AvgIpc) is 3.53. The number of hydrogen-bond acceptors (Lipinski definition) is 5. The van der Waals surface area contributed by atoms with Crippen molar-refractivity contribution in [2.24, 2.45) is 11.8 Å². The van der Waals surface area contributed by atoms with Gasteiger partial charge in [0.05, 0.1) is 23.2 Å². The van der Waals surface area contributed by atoms with Crippen LogP contribution in [0.15, 0.2) is 60.7 Å². The van der Waals surface area contributed by atoms with E-state index in [2.05, 4.69) is 31.8 Å². The van der Waals surface area contributed by atoms with Crippen LogP contribution in [0.3, 0.4) is 0 Å². The number of para-hydroxylation sites is 1. The Bertz CT molecular complexity index is 2100. The highest BCUT2D eigenvalue weighted by Gasteiger charge is 2.47. The molecule has 5 atom stereocenters. The van der Waals surface area contributed by atoms with Crippen LogP contribution in [0.1, 0.15) is 69.3 Å². The smallest absolute Gasteiger partial charge is 0.358 e. The van der Waals surface area contributed by atoms with Crippen LogP contribution in [0.5, 0.6) is 0 Å². The van der Waals surface area contributed by atoms with E-state index >= 15 is 0 Å². The molecule has 56 heavy (non-hydrogen) atoms. The topological polar surface area (TPSA) is 144 Å². The van der Waals surface area contributed by atoms with Gasteiger partial charge in [-0.3, -0.25) is 30.0 Å². The maximum Gasteiger partial charge on any atom is 0.418 e. The Morgan fingerprint density at radius 3 is 2.16 bits per heavy atom. The third-order valence-corrected chi connectivity index (χ3v) is 10.6. The molecule has 5 rings (SSSR count). The van der Waals surface area contributed by atoms with Crippen molar-refractivity contribution in [3.8, 4) is 0 Å². The lowest BCUT2D eigenvalue weighted by molar-refractivity contribution is -0.139. The van der Waals surface area contributed by atoms with Crippen molar-refractivity contribution in [3.05, 3.63) is 100 Å². The number of aryl methyl sites for hydroxylation is 1. The summed E-state index contributed by atoms with van der Waals surface area (Å²) in [5.41, 5.74) is 2.45. The lowest BCUT2D eigenvalue weighted by Gasteiger charge is -2.39. The SMILES string of the molecule is CCC(C)[C@H](NC(=O)Cc1ccccc1F)C(=O)N[C@]1(C(=O)N[C@H](C(=O)NNc2ccc(F)cc2F)C(C)CC)CCc2[nH]c3c(C(F)(F)F)cccc3c2C1. The number of benzene rings is 3. The second-order valence-corrected chi connectivity index (χ2v) is 14.3. The van der Waals surface area contributed by atoms with Crippen molar-refractivity contribution >= 4 is 40.2 Å². The van der Waals surface area contributed by atoms with Crippen LogP contribution in [0.2, 0.25) is 0 Å². The first-order valence-corrected chi connectivity index (χ1v) is 18.3. The van der Waals surface area contributed by atoms with Crippen LogP contribution < -0.4 is 26.8 Å². The molecule has 10 nitrogen and oxygen atoms in total. The van der Waals surface area contributed by atoms with E-state index in [0.717, 1.165) is 18.2 Å². The Kier molecular flexibility index (Phi) is 12.7. The minimum atomic E-state index is -4.69. The summed E-state index contributed by atoms with van der Waals surface area (Å²) >= 11 is 0. The number of hydrogen-bond donors (Lipinski definition) is 6. The van der Waals surface area contributed by atoms with Gasteiger partial charge in [0.2, 0.25) is 17.7 Å². The van der Waals surface area contributed by atoms with Gasteiger partial charge < -0.3 is 20.9 Å². The number of nitrogens with one attached hydrogen (secondary N) is 6. The van der Waals surface area contributed by atoms with Gasteiger partial charge in [0, 0.05) is 23.6 Å². The number of aromatic nitrogens is 1. The summed E-state index contributed by atoms with van der Waals surface area (Å²) in [6, 6.07) is 9.52. The van der Waals surface area contributed by atoms with Crippen LogP contribution in [-0.4, -0.2) is 46.2 Å². The number of aromatic amines is 1. The molecule has 300 valence electrons. The van der Waals surface area contributed by atoms with Crippen molar-refractivity contribution < 1.29 is 45.5 Å². The van der Waals surface area contributed by atoms with Gasteiger partial charge in [-0.05, 0) is 60.1 Å². The predicted octanol–water partition coefficient (Wildman–Crippen LogP) is 6.40. The Morgan fingerprint density at radius 2 is 1.52 bits per heavy atom. The van der Waals surface area contributed by atoms with Gasteiger partial charge in [-0.2, -0.15) is 13.2 Å². The summed E-state index contributed by atoms with van der Waals surface area (Å²) in [4.78, 5) is 58.6. The molecule has 0 saturated heterocycles. The monoisotopic (exact) mass is 786 g/mol. The number of halogens is 6. The lowest BCUT2D eigenvalue weighted by atomic mass is 9.78. The first-order valence-electron chi connectivity index (χ1n) is 18.3. The van der Waals surface area contributed by atoms with Crippen LogP contribution in [-0.2, 0) is 44.6 Å². The zero-order chi connectivity index (χ0) is 40.9. The van der Waals surface area contributed by atoms with E-state index in [4.69, 9.17) is 0 Å². The maximum atomic E-state index is 14.7. The highest BCUT2D eigenvalue weighted by molar-refractivity contribution is 5.99. The molecule has 1 aromatic heterocycles. The van der Waals surface area contributed by atoms with E-state index in [1.165, 1.54) is 30.3 Å². The molecule has 16 heteroatoms. The summed E-state index contributed by atoms with van der Waals surface area (Å²) in [5.74, 6) is -6.50. The number of carbonyl (C=O) groups excluding carboxylic acids is 4. The first kappa shape index (κ1) is 41.6. The van der Waals surface area contributed by atoms with Gasteiger partial charge in [-0.15, -0.1) is 0 Å². The Balaban J connectivity index is 1.49. The summed E-state index contributed by atoms with van der Waals surface area (Å²) in [6.07, 6.45) is -4.67. The Morgan fingerprint density at radius 1 is 0.839 bits per heavy atom. The number of rotatable bonds is 14. The fourth-order valence-electron chi connectivity index (χ4n) is 6.90. The second kappa shape index (κ2) is 17.1. The molecule has 0 saturated carbocycles. The highest BCUT2D eigenvalue weighted by Crippen LogP contribution is 2.40. The Hall–Kier alpha value is -5.54. The van der Waals surface area contributed by atoms with E-state index in [1.807, 2.05) is 0 Å². The van der Waals surface area contributed by atoms with Crippen molar-refractivity contribution in [2.75, 3.05) is 5.43 Å². The number of H-pyrrole nitrogens is 1. The summed E-state index contributed by atoms with van der Waals surface area (Å²) in [6.45, 7) is 6.93. The van der Waals surface area contributed by atoms with Crippen molar-refractivity contribution in [1.82, 2.24) is 26.4 Å². The van der Waals surface area contributed by atoms with Gasteiger partial charge in [-0.25, -0.2) is 13.2 Å². The van der Waals surface area contributed by atoms with E-state index in [-0.39, 0.29) is 47.8 Å². The molecular weight excluding hydrogens is 742 g/mol. The van der Waals surface area contributed by atoms with Gasteiger partial charge in [0.25, 0.3) is 5.91 Å². The largest absolute Gasteiger partial charge is 0.418 e. The Labute approximate surface area is 319 Å². The molecular formula is C40H44F6N6O4. The standard InChI is InChI=1S/C40H44F6N6O4/c1-5-21(3)33(48-32(53)18-23-10-7-8-13-28(23)42)36(54)50-39(17-16-30-26(20-39)25-11-9-12-27(35(25)47-30)40(44,45)46)38(56)49-34(22(4)6-2)37(55)52-51-31-15-14-24(41)19-29(31)43/h7-15,19,21-22,33-34,47,51H,5-6,16-18,20H2,1-4H3,(H,48,53)(H,49,56)(H,50,54)(H,52,55)/t21?,22?,33-,34-,39+/m0/s1. The van der Waals surface area contributed by atoms with Crippen molar-refractivity contribution in [1.29, 1.82) is 0 Å². The zero-order valence-electron chi connectivity index (χ0n) is 31.2. The van der Waals surface area contributed by atoms with Gasteiger partial charge in [0.1, 0.15) is 29.3 Å². The molecule has 0 bridgehead atoms.